The summed E-state index contributed by atoms with van der Waals surface area (Å²) >= 11 is 12.4. The third-order valence-electron chi connectivity index (χ3n) is 4.73. The Kier molecular flexibility index (Phi) is 4.76. The quantitative estimate of drug-likeness (QED) is 0.414. The molecule has 146 valence electrons. The molecule has 8 heteroatoms. The molecule has 0 saturated heterocycles. The average molecular weight is 430 g/mol. The summed E-state index contributed by atoms with van der Waals surface area (Å²) in [6.07, 6.45) is 7.66. The maximum atomic E-state index is 12.4. The van der Waals surface area contributed by atoms with Crippen LogP contribution in [-0.4, -0.2) is 30.0 Å². The van der Waals surface area contributed by atoms with Crippen molar-refractivity contribution in [3.05, 3.63) is 69.8 Å². The lowest BCUT2D eigenvalue weighted by molar-refractivity contribution is -0.147. The van der Waals surface area contributed by atoms with Gasteiger partial charge >= 0.3 is 5.97 Å². The molecule has 4 rings (SSSR count). The molecule has 0 radical (unpaired) electrons. The number of fused-ring (bicyclic) bond motifs is 4. The smallest absolute Gasteiger partial charge is 0.305 e. The normalized spacial score (nSPS) is 18.9. The highest BCUT2D eigenvalue weighted by Gasteiger charge is 2.44. The third-order valence-corrected chi connectivity index (χ3v) is 5.37. The number of carbonyl (C=O) groups is 3. The molecule has 0 atom stereocenters. The molecule has 1 aromatic rings. The van der Waals surface area contributed by atoms with E-state index in [4.69, 9.17) is 32.7 Å². The number of Topliss-reactive ketones (excluding diaryl/α,β-unsaturated/α-hetero) is 1. The van der Waals surface area contributed by atoms with Crippen LogP contribution in [0, 0.1) is 0 Å². The molecule has 29 heavy (non-hydrogen) atoms. The van der Waals surface area contributed by atoms with E-state index in [1.54, 1.807) is 30.4 Å². The number of rotatable bonds is 3. The van der Waals surface area contributed by atoms with Gasteiger partial charge in [-0.2, -0.15) is 0 Å². The fourth-order valence-electron chi connectivity index (χ4n) is 3.43. The van der Waals surface area contributed by atoms with Gasteiger partial charge in [0.05, 0.1) is 26.9 Å². The summed E-state index contributed by atoms with van der Waals surface area (Å²) in [6.45, 7) is 1.03. The number of hydrogen-bond donors (Lipinski definition) is 0. The lowest BCUT2D eigenvalue weighted by atomic mass is 9.67. The van der Waals surface area contributed by atoms with Gasteiger partial charge in [-0.1, -0.05) is 35.4 Å². The second-order valence-electron chi connectivity index (χ2n) is 6.52. The van der Waals surface area contributed by atoms with Crippen LogP contribution in [-0.2, 0) is 24.5 Å². The monoisotopic (exact) mass is 429 g/mol. The highest BCUT2D eigenvalue weighted by Crippen LogP contribution is 2.50. The van der Waals surface area contributed by atoms with E-state index in [0.29, 0.717) is 28.3 Å². The molecule has 0 unspecified atom stereocenters. The van der Waals surface area contributed by atoms with Gasteiger partial charge in [-0.3, -0.25) is 14.4 Å². The van der Waals surface area contributed by atoms with E-state index >= 15 is 0 Å². The van der Waals surface area contributed by atoms with Crippen LogP contribution in [0.25, 0.3) is 0 Å². The molecule has 1 spiro atoms. The fourth-order valence-corrected chi connectivity index (χ4v) is 4.03. The van der Waals surface area contributed by atoms with Crippen LogP contribution in [0.4, 0.5) is 5.69 Å². The zero-order chi connectivity index (χ0) is 20.8. The summed E-state index contributed by atoms with van der Waals surface area (Å²) < 4.78 is 10.3. The van der Waals surface area contributed by atoms with Gasteiger partial charge in [0.1, 0.15) is 5.75 Å². The van der Waals surface area contributed by atoms with Crippen LogP contribution in [0.3, 0.4) is 0 Å². The highest BCUT2D eigenvalue weighted by molar-refractivity contribution is 6.58. The lowest BCUT2D eigenvalue weighted by Crippen LogP contribution is -2.36. The molecule has 1 aliphatic heterocycles. The van der Waals surface area contributed by atoms with Crippen molar-refractivity contribution in [1.29, 1.82) is 0 Å². The summed E-state index contributed by atoms with van der Waals surface area (Å²) in [5.41, 5.74) is 1.16. The Labute approximate surface area is 175 Å². The molecule has 0 bridgehead atoms. The first-order chi connectivity index (χ1) is 13.8. The Morgan fingerprint density at radius 2 is 1.90 bits per heavy atom. The second kappa shape index (κ2) is 7.13. The molecule has 0 saturated carbocycles. The molecule has 0 fully saturated rings. The first kappa shape index (κ1) is 19.4. The van der Waals surface area contributed by atoms with Crippen LogP contribution < -0.4 is 4.74 Å². The third kappa shape index (κ3) is 3.24. The van der Waals surface area contributed by atoms with Crippen molar-refractivity contribution in [1.82, 2.24) is 0 Å². The van der Waals surface area contributed by atoms with Crippen LogP contribution in [0.15, 0.2) is 69.2 Å². The van der Waals surface area contributed by atoms with Gasteiger partial charge in [-0.05, 0) is 42.0 Å². The minimum atomic E-state index is -0.998. The number of aliphatic imine (C=N–C) groups is 1. The van der Waals surface area contributed by atoms with E-state index in [1.165, 1.54) is 25.2 Å². The van der Waals surface area contributed by atoms with Crippen molar-refractivity contribution in [2.75, 3.05) is 6.79 Å². The first-order valence-corrected chi connectivity index (χ1v) is 9.32. The number of hydrogen-bond acceptors (Lipinski definition) is 6. The van der Waals surface area contributed by atoms with Crippen LogP contribution in [0.1, 0.15) is 12.5 Å². The van der Waals surface area contributed by atoms with E-state index in [1.807, 2.05) is 0 Å². The maximum absolute atomic E-state index is 12.4. The standard InChI is InChI=1S/C21H13Cl2NO5/c1-11(25)28-10-29-13-2-3-16-14(8-13)21(6-4-12(26)5-7-21)18-17(24-16)9-15(22)20(27)19(18)23/h2-9H,10H2,1H3. The Morgan fingerprint density at radius 1 is 1.17 bits per heavy atom. The van der Waals surface area contributed by atoms with E-state index in [0.717, 1.165) is 0 Å². The van der Waals surface area contributed by atoms with Crippen LogP contribution in [0.5, 0.6) is 5.75 Å². The summed E-state index contributed by atoms with van der Waals surface area (Å²) in [4.78, 5) is 39.8. The minimum absolute atomic E-state index is 0.0303. The van der Waals surface area contributed by atoms with E-state index in [2.05, 4.69) is 4.99 Å². The van der Waals surface area contributed by atoms with Crippen LogP contribution >= 0.6 is 23.2 Å². The largest absolute Gasteiger partial charge is 0.457 e. The van der Waals surface area contributed by atoms with Gasteiger partial charge in [-0.15, -0.1) is 0 Å². The first-order valence-electron chi connectivity index (χ1n) is 8.56. The SMILES string of the molecule is CC(=O)OCOc1ccc2c(c1)C1(C=CC(=O)C=C1)C1=C(Cl)C(=O)C(Cl)=CC1=N2. The molecule has 0 amide bonds. The highest BCUT2D eigenvalue weighted by atomic mass is 35.5. The average Bonchev–Trinajstić information content (AvgIpc) is 2.68. The number of ether oxygens (including phenoxy) is 2. The maximum Gasteiger partial charge on any atom is 0.305 e. The molecule has 6 nitrogen and oxygen atoms in total. The van der Waals surface area contributed by atoms with E-state index in [9.17, 15) is 14.4 Å². The summed E-state index contributed by atoms with van der Waals surface area (Å²) in [6, 6.07) is 5.12. The van der Waals surface area contributed by atoms with E-state index in [-0.39, 0.29) is 22.6 Å². The van der Waals surface area contributed by atoms with Crippen LogP contribution in [0.2, 0.25) is 0 Å². The molecule has 1 heterocycles. The van der Waals surface area contributed by atoms with Gasteiger partial charge in [-0.25, -0.2) is 4.99 Å². The number of carbonyl (C=O) groups excluding carboxylic acids is 3. The number of ketones is 2. The molecule has 3 aliphatic rings. The zero-order valence-electron chi connectivity index (χ0n) is 15.1. The Hall–Kier alpha value is -2.96. The molecular weight excluding hydrogens is 417 g/mol. The van der Waals surface area contributed by atoms with Crippen molar-refractivity contribution in [3.63, 3.8) is 0 Å². The van der Waals surface area contributed by atoms with Crippen molar-refractivity contribution >= 4 is 52.1 Å². The van der Waals surface area contributed by atoms with Gasteiger partial charge in [0.25, 0.3) is 0 Å². The number of benzene rings is 1. The number of nitrogens with zero attached hydrogens (tertiary/aromatic N) is 1. The predicted octanol–water partition coefficient (Wildman–Crippen LogP) is 3.80. The number of halogens is 2. The molecular formula is C21H13Cl2NO5. The zero-order valence-corrected chi connectivity index (χ0v) is 16.6. The molecule has 2 aliphatic carbocycles. The number of allylic oxidation sites excluding steroid dienone is 8. The van der Waals surface area contributed by atoms with Crippen molar-refractivity contribution in [2.24, 2.45) is 4.99 Å². The van der Waals surface area contributed by atoms with Crippen molar-refractivity contribution in [3.8, 4) is 5.75 Å². The van der Waals surface area contributed by atoms with E-state index < -0.39 is 17.2 Å². The van der Waals surface area contributed by atoms with Crippen molar-refractivity contribution in [2.45, 2.75) is 12.3 Å². The lowest BCUT2D eigenvalue weighted by Gasteiger charge is -2.38. The van der Waals surface area contributed by atoms with Crippen molar-refractivity contribution < 1.29 is 23.9 Å². The summed E-state index contributed by atoms with van der Waals surface area (Å²) in [7, 11) is 0. The van der Waals surface area contributed by atoms with Gasteiger partial charge in [0, 0.05) is 12.5 Å². The fraction of sp³-hybridized carbons (Fsp3) is 0.143. The number of esters is 1. The Balaban J connectivity index is 1.89. The molecule has 0 N–H and O–H groups in total. The van der Waals surface area contributed by atoms with Gasteiger partial charge in [0.2, 0.25) is 12.6 Å². The Morgan fingerprint density at radius 3 is 2.59 bits per heavy atom. The molecule has 0 aromatic heterocycles. The Bertz CT molecular complexity index is 1110. The minimum Gasteiger partial charge on any atom is -0.457 e. The van der Waals surface area contributed by atoms with Gasteiger partial charge in [0.15, 0.2) is 5.78 Å². The van der Waals surface area contributed by atoms with Gasteiger partial charge < -0.3 is 9.47 Å². The molecule has 1 aromatic carbocycles. The summed E-state index contributed by atoms with van der Waals surface area (Å²) in [5, 5.41) is -0.0888. The predicted molar refractivity (Wildman–Crippen MR) is 108 cm³/mol. The topological polar surface area (TPSA) is 82.0 Å². The summed E-state index contributed by atoms with van der Waals surface area (Å²) in [5.74, 6) is -0.734. The second-order valence-corrected chi connectivity index (χ2v) is 7.31.